The Morgan fingerprint density at radius 1 is 0.837 bits per heavy atom. The molecule has 4 aromatic heterocycles. The molecule has 1 fully saturated rings. The zero-order chi connectivity index (χ0) is 33.9. The predicted octanol–water partition coefficient (Wildman–Crippen LogP) is 5.73. The van der Waals surface area contributed by atoms with Crippen molar-refractivity contribution in [3.05, 3.63) is 102 Å². The number of rotatable bonds is 11. The number of aromatic nitrogens is 5. The van der Waals surface area contributed by atoms with Crippen LogP contribution in [0.3, 0.4) is 0 Å². The minimum absolute atomic E-state index is 0.110. The molecule has 7 rings (SSSR count). The van der Waals surface area contributed by atoms with Crippen molar-refractivity contribution in [2.24, 2.45) is 0 Å². The van der Waals surface area contributed by atoms with E-state index in [1.54, 1.807) is 6.33 Å². The van der Waals surface area contributed by atoms with Gasteiger partial charge in [0.1, 0.15) is 17.4 Å². The molecular weight excluding hydrogens is 614 g/mol. The van der Waals surface area contributed by atoms with E-state index in [9.17, 15) is 10.2 Å². The maximum atomic E-state index is 9.91. The zero-order valence-corrected chi connectivity index (χ0v) is 28.1. The van der Waals surface area contributed by atoms with Gasteiger partial charge in [-0.3, -0.25) is 19.8 Å². The third-order valence-corrected chi connectivity index (χ3v) is 9.24. The summed E-state index contributed by atoms with van der Waals surface area (Å²) in [6.45, 7) is 7.98. The highest BCUT2D eigenvalue weighted by Gasteiger charge is 2.20. The molecule has 0 amide bonds. The number of aliphatic hydroxyl groups excluding tert-OH is 2. The number of fused-ring (bicyclic) bond motifs is 2. The molecule has 0 saturated carbocycles. The van der Waals surface area contributed by atoms with Crippen molar-refractivity contribution in [2.75, 3.05) is 43.9 Å². The number of anilines is 4. The van der Waals surface area contributed by atoms with E-state index >= 15 is 0 Å². The van der Waals surface area contributed by atoms with Gasteiger partial charge in [-0.1, -0.05) is 24.3 Å². The molecule has 5 heterocycles. The van der Waals surface area contributed by atoms with E-state index in [0.29, 0.717) is 36.8 Å². The van der Waals surface area contributed by atoms with E-state index < -0.39 is 0 Å². The lowest BCUT2D eigenvalue weighted by Gasteiger charge is -2.18. The number of likely N-dealkylation sites (N-methyl/N-ethyl adjacent to an activating group) is 1. The summed E-state index contributed by atoms with van der Waals surface area (Å²) in [5.74, 6) is 1.35. The molecule has 6 aromatic rings. The summed E-state index contributed by atoms with van der Waals surface area (Å²) < 4.78 is 0. The van der Waals surface area contributed by atoms with Crippen LogP contribution in [0.2, 0.25) is 0 Å². The monoisotopic (exact) mass is 655 g/mol. The maximum absolute atomic E-state index is 9.91. The summed E-state index contributed by atoms with van der Waals surface area (Å²) in [5, 5.41) is 27.3. The van der Waals surface area contributed by atoms with Crippen LogP contribution in [0, 0.1) is 13.8 Å². The fourth-order valence-electron chi connectivity index (χ4n) is 6.60. The molecule has 250 valence electrons. The first-order valence-electron chi connectivity index (χ1n) is 16.6. The van der Waals surface area contributed by atoms with Crippen molar-refractivity contribution in [1.29, 1.82) is 0 Å². The van der Waals surface area contributed by atoms with Gasteiger partial charge in [0, 0.05) is 68.1 Å². The van der Waals surface area contributed by atoms with E-state index in [1.165, 1.54) is 0 Å². The Balaban J connectivity index is 1.13. The van der Waals surface area contributed by atoms with E-state index in [0.717, 1.165) is 80.7 Å². The summed E-state index contributed by atoms with van der Waals surface area (Å²) in [6, 6.07) is 18.7. The van der Waals surface area contributed by atoms with Gasteiger partial charge in [0.25, 0.3) is 0 Å². The van der Waals surface area contributed by atoms with Gasteiger partial charge in [0.05, 0.1) is 18.2 Å². The molecule has 1 saturated heterocycles. The summed E-state index contributed by atoms with van der Waals surface area (Å²) in [6.07, 6.45) is 7.71. The van der Waals surface area contributed by atoms with Gasteiger partial charge in [-0.15, -0.1) is 0 Å². The Morgan fingerprint density at radius 2 is 1.53 bits per heavy atom. The van der Waals surface area contributed by atoms with Gasteiger partial charge in [-0.05, 0) is 91.0 Å². The van der Waals surface area contributed by atoms with Crippen molar-refractivity contribution in [3.63, 3.8) is 0 Å². The summed E-state index contributed by atoms with van der Waals surface area (Å²) in [5.41, 5.74) is 10.7. The number of aliphatic hydroxyl groups is 2. The number of nitrogens with zero attached hydrogens (tertiary/aromatic N) is 7. The number of β-amino-alcohol motifs (C(OH)–C–C–N with tert-alkyl or cyclic N) is 1. The number of pyridine rings is 3. The second-order valence-corrected chi connectivity index (χ2v) is 12.9. The third kappa shape index (κ3) is 7.06. The lowest BCUT2D eigenvalue weighted by Crippen LogP contribution is -2.21. The van der Waals surface area contributed by atoms with Crippen LogP contribution >= 0.6 is 0 Å². The fourth-order valence-corrected chi connectivity index (χ4v) is 6.60. The number of nitrogens with one attached hydrogen (secondary N) is 2. The van der Waals surface area contributed by atoms with E-state index in [4.69, 9.17) is 9.97 Å². The van der Waals surface area contributed by atoms with Crippen LogP contribution in [0.4, 0.5) is 23.0 Å². The van der Waals surface area contributed by atoms with Gasteiger partial charge in [-0.25, -0.2) is 15.0 Å². The van der Waals surface area contributed by atoms with Crippen molar-refractivity contribution in [2.45, 2.75) is 39.5 Å². The van der Waals surface area contributed by atoms with Crippen LogP contribution in [0.15, 0.2) is 79.5 Å². The highest BCUT2D eigenvalue weighted by molar-refractivity contribution is 5.92. The van der Waals surface area contributed by atoms with Crippen LogP contribution in [-0.2, 0) is 13.1 Å². The molecule has 0 spiro atoms. The van der Waals surface area contributed by atoms with Gasteiger partial charge >= 0.3 is 0 Å². The number of hydrogen-bond donors (Lipinski definition) is 4. The molecular formula is C38H41N9O2. The lowest BCUT2D eigenvalue weighted by atomic mass is 9.94. The second kappa shape index (κ2) is 14.2. The molecule has 0 radical (unpaired) electrons. The van der Waals surface area contributed by atoms with Crippen LogP contribution in [0.1, 0.15) is 28.7 Å². The molecule has 49 heavy (non-hydrogen) atoms. The van der Waals surface area contributed by atoms with Crippen molar-refractivity contribution >= 4 is 44.9 Å². The molecule has 1 atom stereocenters. The Kier molecular flexibility index (Phi) is 9.41. The standard InChI is InChI=1S/C38H41N9O2/c1-24-30(6-4-8-32(24)44-37-35-28(10-12-39-37)16-26(18-40-35)21-47-13-11-29(49)22-47)31-7-5-9-33(25(31)2)45-38-36-34(42-23-43-38)17-27(19-41-36)20-46(3)14-15-48/h4-10,12,16-19,23,29,48-49H,11,13-15,20-22H2,1-3H3,(H,39,44)(H,42,43,45). The smallest absolute Gasteiger partial charge is 0.160 e. The average Bonchev–Trinajstić information content (AvgIpc) is 3.51. The average molecular weight is 656 g/mol. The normalized spacial score (nSPS) is 15.0. The van der Waals surface area contributed by atoms with Gasteiger partial charge in [0.15, 0.2) is 11.6 Å². The van der Waals surface area contributed by atoms with Crippen LogP contribution in [-0.4, -0.2) is 84.3 Å². The SMILES string of the molecule is Cc1c(Nc2nccc3cc(CN4CCC(O)C4)cnc23)cccc1-c1cccc(Nc2ncnc3cc(CN(C)CCO)cnc23)c1C. The first kappa shape index (κ1) is 32.5. The molecule has 4 N–H and O–H groups in total. The topological polar surface area (TPSA) is 135 Å². The molecule has 1 aliphatic heterocycles. The van der Waals surface area contributed by atoms with E-state index in [1.807, 2.05) is 54.8 Å². The summed E-state index contributed by atoms with van der Waals surface area (Å²) in [4.78, 5) is 27.5. The molecule has 0 aliphatic carbocycles. The van der Waals surface area contributed by atoms with E-state index in [-0.39, 0.29) is 12.7 Å². The lowest BCUT2D eigenvalue weighted by molar-refractivity contribution is 0.175. The summed E-state index contributed by atoms with van der Waals surface area (Å²) in [7, 11) is 1.97. The number of hydrogen-bond acceptors (Lipinski definition) is 11. The first-order chi connectivity index (χ1) is 23.9. The second-order valence-electron chi connectivity index (χ2n) is 12.9. The highest BCUT2D eigenvalue weighted by atomic mass is 16.3. The van der Waals surface area contributed by atoms with Crippen molar-refractivity contribution in [3.8, 4) is 11.1 Å². The largest absolute Gasteiger partial charge is 0.395 e. The fraction of sp³-hybridized carbons (Fsp3) is 0.289. The van der Waals surface area contributed by atoms with Crippen molar-refractivity contribution < 1.29 is 10.2 Å². The third-order valence-electron chi connectivity index (χ3n) is 9.24. The summed E-state index contributed by atoms with van der Waals surface area (Å²) >= 11 is 0. The van der Waals surface area contributed by atoms with Crippen molar-refractivity contribution in [1.82, 2.24) is 34.7 Å². The maximum Gasteiger partial charge on any atom is 0.160 e. The molecule has 2 aromatic carbocycles. The molecule has 1 aliphatic rings. The Bertz CT molecular complexity index is 2120. The van der Waals surface area contributed by atoms with Crippen LogP contribution in [0.5, 0.6) is 0 Å². The zero-order valence-electron chi connectivity index (χ0n) is 28.1. The molecule has 11 heteroatoms. The Hall–Kier alpha value is -5.07. The Labute approximate surface area is 285 Å². The number of benzene rings is 2. The van der Waals surface area contributed by atoms with E-state index in [2.05, 4.69) is 74.7 Å². The van der Waals surface area contributed by atoms with Crippen LogP contribution in [0.25, 0.3) is 33.1 Å². The first-order valence-corrected chi connectivity index (χ1v) is 16.6. The quantitative estimate of drug-likeness (QED) is 0.136. The van der Waals surface area contributed by atoms with Gasteiger partial charge < -0.3 is 20.8 Å². The highest BCUT2D eigenvalue weighted by Crippen LogP contribution is 2.36. The molecule has 0 bridgehead atoms. The molecule has 11 nitrogen and oxygen atoms in total. The predicted molar refractivity (Wildman–Crippen MR) is 194 cm³/mol. The van der Waals surface area contributed by atoms with Gasteiger partial charge in [0.2, 0.25) is 0 Å². The van der Waals surface area contributed by atoms with Crippen LogP contribution < -0.4 is 10.6 Å². The minimum atomic E-state index is -0.239. The minimum Gasteiger partial charge on any atom is -0.395 e. The Morgan fingerprint density at radius 3 is 2.22 bits per heavy atom. The number of likely N-dealkylation sites (tertiary alicyclic amines) is 1. The molecule has 1 unspecified atom stereocenters. The van der Waals surface area contributed by atoms with Gasteiger partial charge in [-0.2, -0.15) is 0 Å².